The first kappa shape index (κ1) is 27.9. The largest absolute Gasteiger partial charge is 0.330 e. The Balaban J connectivity index is 1.22. The van der Waals surface area contributed by atoms with Crippen molar-refractivity contribution in [3.63, 3.8) is 0 Å². The minimum absolute atomic E-state index is 0.0496. The topological polar surface area (TPSA) is 13.0 Å². The van der Waals surface area contributed by atoms with E-state index in [1.807, 2.05) is 0 Å². The maximum absolute atomic E-state index is 2.69. The van der Waals surface area contributed by atoms with E-state index in [0.717, 1.165) is 0 Å². The van der Waals surface area contributed by atoms with Crippen LogP contribution in [-0.4, -0.2) is 12.8 Å². The first-order valence-electron chi connectivity index (χ1n) is 18.7. The normalized spacial score (nSPS) is 18.4. The molecule has 1 aliphatic carbocycles. The summed E-state index contributed by atoms with van der Waals surface area (Å²) < 4.78 is 0. The van der Waals surface area contributed by atoms with Gasteiger partial charge in [-0.15, -0.1) is 0 Å². The maximum Gasteiger partial charge on any atom is 0.257 e. The number of hydrogen-bond acceptors (Lipinski definition) is 4. The molecule has 7 aromatic carbocycles. The van der Waals surface area contributed by atoms with E-state index in [9.17, 15) is 0 Å². The van der Waals surface area contributed by atoms with E-state index in [0.29, 0.717) is 0 Å². The van der Waals surface area contributed by atoms with Gasteiger partial charge in [0.15, 0.2) is 0 Å². The van der Waals surface area contributed by atoms with Crippen LogP contribution in [0.5, 0.6) is 0 Å². The number of para-hydroxylation sites is 4. The lowest BCUT2D eigenvalue weighted by Gasteiger charge is -2.50. The van der Waals surface area contributed by atoms with Crippen molar-refractivity contribution in [1.82, 2.24) is 0 Å². The fourth-order valence-corrected chi connectivity index (χ4v) is 10.5. The smallest absolute Gasteiger partial charge is 0.257 e. The molecule has 5 heteroatoms. The molecule has 2 unspecified atom stereocenters. The first-order valence-corrected chi connectivity index (χ1v) is 18.7. The highest BCUT2D eigenvalue weighted by Gasteiger charge is 2.55. The standard InChI is InChI=1S/C48H31BN4/c1-4-15-30(16-5-1)50-38-25-13-27-40-43(38)49-44-39(50)26-14-28-41(44)52(32-19-8-3-9-20-32)48-45(49)42(51(40)31-17-6-2-7-18-31)29-36-35-23-12-22-34-33-21-10-11-24-37(33)53(46(34)35)47(36)48/h1-29,35,46H. The summed E-state index contributed by atoms with van der Waals surface area (Å²) in [6, 6.07) is 58.7. The van der Waals surface area contributed by atoms with Gasteiger partial charge in [-0.25, -0.2) is 0 Å². The highest BCUT2D eigenvalue weighted by atomic mass is 15.3. The van der Waals surface area contributed by atoms with E-state index >= 15 is 0 Å². The summed E-state index contributed by atoms with van der Waals surface area (Å²) in [7, 11) is 0. The zero-order valence-electron chi connectivity index (χ0n) is 28.8. The Morgan fingerprint density at radius 3 is 1.57 bits per heavy atom. The molecule has 0 N–H and O–H groups in total. The van der Waals surface area contributed by atoms with Gasteiger partial charge >= 0.3 is 0 Å². The molecule has 0 aromatic heterocycles. The summed E-state index contributed by atoms with van der Waals surface area (Å²) in [6.45, 7) is 0.0496. The molecule has 0 spiro atoms. The molecular formula is C48H31BN4. The van der Waals surface area contributed by atoms with Gasteiger partial charge in [0.05, 0.1) is 17.4 Å². The van der Waals surface area contributed by atoms with Crippen LogP contribution < -0.4 is 36.0 Å². The second kappa shape index (κ2) is 9.99. The summed E-state index contributed by atoms with van der Waals surface area (Å²) in [5.74, 6) is 0.231. The molecular weight excluding hydrogens is 643 g/mol. The van der Waals surface area contributed by atoms with Gasteiger partial charge in [-0.05, 0) is 100 Å². The SMILES string of the molecule is C1=CC2c3cc4c5c(c3N3c6ccccc6C(=C1)C23)N(c1ccccc1)c1cccc2c1B5c1c(cccc1N4c1ccccc1)N2c1ccccc1. The number of rotatable bonds is 3. The Kier molecular flexibility index (Phi) is 5.27. The van der Waals surface area contributed by atoms with E-state index in [-0.39, 0.29) is 18.7 Å². The average Bonchev–Trinajstić information content (AvgIpc) is 3.74. The number of nitrogens with zero attached hydrogens (tertiary/aromatic N) is 4. The van der Waals surface area contributed by atoms with Crippen molar-refractivity contribution >= 4 is 91.2 Å². The second-order valence-corrected chi connectivity index (χ2v) is 14.8. The van der Waals surface area contributed by atoms with Gasteiger partial charge in [-0.2, -0.15) is 0 Å². The third-order valence-electron chi connectivity index (χ3n) is 12.4. The minimum Gasteiger partial charge on any atom is -0.330 e. The Bertz CT molecular complexity index is 2760. The van der Waals surface area contributed by atoms with Crippen molar-refractivity contribution in [2.24, 2.45) is 0 Å². The van der Waals surface area contributed by atoms with Gasteiger partial charge in [0.25, 0.3) is 6.71 Å². The fourth-order valence-electron chi connectivity index (χ4n) is 10.5. The molecule has 5 heterocycles. The van der Waals surface area contributed by atoms with E-state index < -0.39 is 0 Å². The average molecular weight is 675 g/mol. The van der Waals surface area contributed by atoms with E-state index in [1.165, 1.54) is 95.6 Å². The number of anilines is 11. The molecule has 246 valence electrons. The molecule has 6 aliphatic rings. The molecule has 7 aromatic rings. The molecule has 2 atom stereocenters. The highest BCUT2D eigenvalue weighted by Crippen LogP contribution is 2.63. The third kappa shape index (κ3) is 3.39. The number of allylic oxidation sites excluding steroid dienone is 2. The molecule has 0 fully saturated rings. The van der Waals surface area contributed by atoms with Crippen molar-refractivity contribution in [2.75, 3.05) is 19.6 Å². The summed E-state index contributed by atoms with van der Waals surface area (Å²) in [4.78, 5) is 10.3. The van der Waals surface area contributed by atoms with E-state index in [1.54, 1.807) is 0 Å². The van der Waals surface area contributed by atoms with Crippen LogP contribution in [-0.2, 0) is 0 Å². The van der Waals surface area contributed by atoms with Crippen LogP contribution in [0.25, 0.3) is 5.57 Å². The lowest BCUT2D eigenvalue weighted by atomic mass is 9.31. The van der Waals surface area contributed by atoms with Gasteiger partial charge in [0, 0.05) is 62.7 Å². The summed E-state index contributed by atoms with van der Waals surface area (Å²) in [5, 5.41) is 0. The fraction of sp³-hybridized carbons (Fsp3) is 0.0417. The molecule has 0 saturated heterocycles. The number of hydrogen-bond donors (Lipinski definition) is 0. The lowest BCUT2D eigenvalue weighted by Crippen LogP contribution is -2.65. The monoisotopic (exact) mass is 674 g/mol. The van der Waals surface area contributed by atoms with Gasteiger partial charge in [0.1, 0.15) is 0 Å². The van der Waals surface area contributed by atoms with Crippen LogP contribution >= 0.6 is 0 Å². The van der Waals surface area contributed by atoms with Crippen LogP contribution in [0, 0.1) is 0 Å². The molecule has 0 bridgehead atoms. The molecule has 13 rings (SSSR count). The zero-order chi connectivity index (χ0) is 34.4. The Morgan fingerprint density at radius 2 is 0.943 bits per heavy atom. The highest BCUT2D eigenvalue weighted by molar-refractivity contribution is 7.02. The van der Waals surface area contributed by atoms with Crippen LogP contribution in [0.15, 0.2) is 176 Å². The molecule has 0 radical (unpaired) electrons. The Labute approximate surface area is 308 Å². The Morgan fingerprint density at radius 1 is 0.434 bits per heavy atom. The summed E-state index contributed by atoms with van der Waals surface area (Å²) >= 11 is 0. The van der Waals surface area contributed by atoms with Crippen LogP contribution in [0.4, 0.5) is 62.6 Å². The lowest BCUT2D eigenvalue weighted by molar-refractivity contribution is 0.781. The number of benzene rings is 7. The maximum atomic E-state index is 2.69. The quantitative estimate of drug-likeness (QED) is 0.173. The van der Waals surface area contributed by atoms with Crippen molar-refractivity contribution in [2.45, 2.75) is 12.0 Å². The predicted octanol–water partition coefficient (Wildman–Crippen LogP) is 10.1. The van der Waals surface area contributed by atoms with E-state index in [4.69, 9.17) is 0 Å². The van der Waals surface area contributed by atoms with Crippen molar-refractivity contribution < 1.29 is 0 Å². The molecule has 5 aliphatic heterocycles. The van der Waals surface area contributed by atoms with Crippen LogP contribution in [0.1, 0.15) is 17.0 Å². The second-order valence-electron chi connectivity index (χ2n) is 14.8. The molecule has 0 saturated carbocycles. The van der Waals surface area contributed by atoms with Crippen molar-refractivity contribution in [3.8, 4) is 0 Å². The molecule has 0 amide bonds. The minimum atomic E-state index is 0.0496. The van der Waals surface area contributed by atoms with Gasteiger partial charge < -0.3 is 19.6 Å². The Hall–Kier alpha value is -6.72. The third-order valence-corrected chi connectivity index (χ3v) is 12.4. The van der Waals surface area contributed by atoms with E-state index in [2.05, 4.69) is 196 Å². The zero-order valence-corrected chi connectivity index (χ0v) is 28.8. The summed E-state index contributed by atoms with van der Waals surface area (Å²) in [5.41, 5.74) is 21.9. The first-order chi connectivity index (χ1) is 26.4. The van der Waals surface area contributed by atoms with Crippen LogP contribution in [0.3, 0.4) is 0 Å². The van der Waals surface area contributed by atoms with Crippen molar-refractivity contribution in [3.05, 3.63) is 187 Å². The van der Waals surface area contributed by atoms with Crippen LogP contribution in [0.2, 0.25) is 0 Å². The van der Waals surface area contributed by atoms with Gasteiger partial charge in [0.2, 0.25) is 0 Å². The predicted molar refractivity (Wildman–Crippen MR) is 221 cm³/mol. The summed E-state index contributed by atoms with van der Waals surface area (Å²) in [6.07, 6.45) is 7.09. The molecule has 4 nitrogen and oxygen atoms in total. The van der Waals surface area contributed by atoms with Crippen molar-refractivity contribution in [1.29, 1.82) is 0 Å². The molecule has 53 heavy (non-hydrogen) atoms. The van der Waals surface area contributed by atoms with Gasteiger partial charge in [-0.3, -0.25) is 0 Å². The van der Waals surface area contributed by atoms with Gasteiger partial charge in [-0.1, -0.05) is 103 Å². The number of fused-ring (bicyclic) bond motifs is 7.